The van der Waals surface area contributed by atoms with Crippen LogP contribution < -0.4 is 10.2 Å². The first-order chi connectivity index (χ1) is 5.86. The highest BCUT2D eigenvalue weighted by Crippen LogP contribution is 2.25. The Morgan fingerprint density at radius 3 is 2.75 bits per heavy atom. The maximum absolute atomic E-state index is 10.9. The minimum Gasteiger partial charge on any atom is -0.319 e. The summed E-state index contributed by atoms with van der Waals surface area (Å²) in [6.07, 6.45) is 4.19. The predicted octanol–water partition coefficient (Wildman–Crippen LogP) is 0.903. The van der Waals surface area contributed by atoms with Gasteiger partial charge in [-0.05, 0) is 31.8 Å². The smallest absolute Gasteiger partial charge is 0.304 e. The van der Waals surface area contributed by atoms with Crippen LogP contribution in [0.5, 0.6) is 0 Å². The summed E-state index contributed by atoms with van der Waals surface area (Å²) in [7, 11) is 0. The fourth-order valence-corrected chi connectivity index (χ4v) is 2.46. The first kappa shape index (κ1) is 8.01. The Morgan fingerprint density at radius 1 is 1.42 bits per heavy atom. The van der Waals surface area contributed by atoms with Gasteiger partial charge >= 0.3 is 4.87 Å². The van der Waals surface area contributed by atoms with Crippen molar-refractivity contribution in [3.8, 4) is 0 Å². The molecule has 0 aromatic carbocycles. The molecule has 0 amide bonds. The normalized spacial score (nSPS) is 19.7. The quantitative estimate of drug-likeness (QED) is 0.681. The molecule has 3 nitrogen and oxygen atoms in total. The molecule has 0 spiro atoms. The van der Waals surface area contributed by atoms with Gasteiger partial charge in [0.05, 0.1) is 0 Å². The summed E-state index contributed by atoms with van der Waals surface area (Å²) in [6.45, 7) is 2.16. The fraction of sp³-hybridized carbons (Fsp3) is 0.625. The lowest BCUT2D eigenvalue weighted by Gasteiger charge is -2.20. The van der Waals surface area contributed by atoms with E-state index in [0.29, 0.717) is 5.92 Å². The fourth-order valence-electron chi connectivity index (χ4n) is 1.60. The second kappa shape index (κ2) is 3.41. The van der Waals surface area contributed by atoms with Crippen molar-refractivity contribution in [2.45, 2.75) is 18.8 Å². The molecule has 0 unspecified atom stereocenters. The number of aromatic nitrogens is 1. The molecule has 1 aliphatic rings. The largest absolute Gasteiger partial charge is 0.319 e. The monoisotopic (exact) mass is 184 g/mol. The minimum atomic E-state index is 0.0727. The van der Waals surface area contributed by atoms with Gasteiger partial charge in [-0.2, -0.15) is 0 Å². The number of piperidine rings is 1. The van der Waals surface area contributed by atoms with Gasteiger partial charge in [0.1, 0.15) is 0 Å². The molecular formula is C8H12N2OS. The topological polar surface area (TPSA) is 44.9 Å². The number of H-pyrrole nitrogens is 1. The number of hydrogen-bond donors (Lipinski definition) is 2. The highest BCUT2D eigenvalue weighted by molar-refractivity contribution is 7.09. The van der Waals surface area contributed by atoms with E-state index in [4.69, 9.17) is 0 Å². The van der Waals surface area contributed by atoms with Gasteiger partial charge in [-0.15, -0.1) is 0 Å². The molecule has 1 saturated heterocycles. The zero-order chi connectivity index (χ0) is 8.39. The molecule has 1 aromatic rings. The Morgan fingerprint density at radius 2 is 2.17 bits per heavy atom. The van der Waals surface area contributed by atoms with Gasteiger partial charge in [-0.1, -0.05) is 11.3 Å². The third kappa shape index (κ3) is 1.59. The Bertz CT molecular complexity index is 298. The molecule has 12 heavy (non-hydrogen) atoms. The number of hydrogen-bond acceptors (Lipinski definition) is 3. The summed E-state index contributed by atoms with van der Waals surface area (Å²) >= 11 is 1.36. The molecule has 0 aliphatic carbocycles. The Balaban J connectivity index is 2.13. The second-order valence-electron chi connectivity index (χ2n) is 3.10. The Labute approximate surface area is 74.8 Å². The van der Waals surface area contributed by atoms with Gasteiger partial charge in [0, 0.05) is 11.1 Å². The van der Waals surface area contributed by atoms with E-state index in [2.05, 4.69) is 10.3 Å². The molecule has 1 aromatic heterocycles. The molecule has 0 atom stereocenters. The molecule has 66 valence electrons. The number of aromatic amines is 1. The van der Waals surface area contributed by atoms with Gasteiger partial charge in [-0.3, -0.25) is 4.79 Å². The summed E-state index contributed by atoms with van der Waals surface area (Å²) in [6, 6.07) is 0. The van der Waals surface area contributed by atoms with E-state index in [1.54, 1.807) is 0 Å². The van der Waals surface area contributed by atoms with Crippen molar-refractivity contribution in [1.82, 2.24) is 10.3 Å². The van der Waals surface area contributed by atoms with Gasteiger partial charge in [-0.25, -0.2) is 0 Å². The average Bonchev–Trinajstić information content (AvgIpc) is 2.54. The first-order valence-corrected chi connectivity index (χ1v) is 5.07. The zero-order valence-corrected chi connectivity index (χ0v) is 7.62. The molecular weight excluding hydrogens is 172 g/mol. The Hall–Kier alpha value is -0.610. The summed E-state index contributed by atoms with van der Waals surface area (Å²) in [4.78, 5) is 14.9. The van der Waals surface area contributed by atoms with Crippen molar-refractivity contribution in [2.24, 2.45) is 0 Å². The van der Waals surface area contributed by atoms with E-state index < -0.39 is 0 Å². The number of nitrogens with one attached hydrogen (secondary N) is 2. The third-order valence-electron chi connectivity index (χ3n) is 2.28. The predicted molar refractivity (Wildman–Crippen MR) is 49.8 cm³/mol. The Kier molecular flexibility index (Phi) is 2.28. The molecule has 1 aliphatic heterocycles. The van der Waals surface area contributed by atoms with Crippen LogP contribution in [0.3, 0.4) is 0 Å². The van der Waals surface area contributed by atoms with Crippen LogP contribution >= 0.6 is 11.3 Å². The van der Waals surface area contributed by atoms with Crippen LogP contribution in [0.4, 0.5) is 0 Å². The highest BCUT2D eigenvalue weighted by atomic mass is 32.1. The van der Waals surface area contributed by atoms with Crippen molar-refractivity contribution >= 4 is 11.3 Å². The van der Waals surface area contributed by atoms with Crippen LogP contribution in [0.2, 0.25) is 0 Å². The average molecular weight is 184 g/mol. The molecule has 2 heterocycles. The van der Waals surface area contributed by atoms with Crippen molar-refractivity contribution in [3.63, 3.8) is 0 Å². The van der Waals surface area contributed by atoms with E-state index in [-0.39, 0.29) is 4.87 Å². The maximum Gasteiger partial charge on any atom is 0.304 e. The number of thiazole rings is 1. The van der Waals surface area contributed by atoms with E-state index in [1.165, 1.54) is 16.2 Å². The van der Waals surface area contributed by atoms with Gasteiger partial charge in [0.25, 0.3) is 0 Å². The van der Waals surface area contributed by atoms with Crippen molar-refractivity contribution in [2.75, 3.05) is 13.1 Å². The van der Waals surface area contributed by atoms with Gasteiger partial charge < -0.3 is 10.3 Å². The molecule has 1 fully saturated rings. The molecule has 0 saturated carbocycles. The maximum atomic E-state index is 10.9. The zero-order valence-electron chi connectivity index (χ0n) is 6.80. The molecule has 0 bridgehead atoms. The van der Waals surface area contributed by atoms with Gasteiger partial charge in [0.2, 0.25) is 0 Å². The van der Waals surface area contributed by atoms with Crippen LogP contribution in [-0.4, -0.2) is 18.1 Å². The van der Waals surface area contributed by atoms with E-state index in [0.717, 1.165) is 25.9 Å². The first-order valence-electron chi connectivity index (χ1n) is 4.25. The third-order valence-corrected chi connectivity index (χ3v) is 3.27. The van der Waals surface area contributed by atoms with Crippen LogP contribution in [0.15, 0.2) is 11.0 Å². The number of rotatable bonds is 1. The SMILES string of the molecule is O=c1[nH]cc(C2CCNCC2)s1. The standard InChI is InChI=1S/C8H12N2OS/c11-8-10-5-7(12-8)6-1-3-9-4-2-6/h5-6,9H,1-4H2,(H,10,11). The lowest BCUT2D eigenvalue weighted by Crippen LogP contribution is -2.26. The highest BCUT2D eigenvalue weighted by Gasteiger charge is 2.16. The molecule has 4 heteroatoms. The van der Waals surface area contributed by atoms with Crippen molar-refractivity contribution in [3.05, 3.63) is 20.7 Å². The minimum absolute atomic E-state index is 0.0727. The van der Waals surface area contributed by atoms with E-state index in [9.17, 15) is 4.79 Å². The van der Waals surface area contributed by atoms with Crippen molar-refractivity contribution < 1.29 is 0 Å². The van der Waals surface area contributed by atoms with Crippen LogP contribution in [0.1, 0.15) is 23.6 Å². The van der Waals surface area contributed by atoms with Gasteiger partial charge in [0.15, 0.2) is 0 Å². The van der Waals surface area contributed by atoms with E-state index in [1.807, 2.05) is 6.20 Å². The summed E-state index contributed by atoms with van der Waals surface area (Å²) in [5.74, 6) is 0.607. The second-order valence-corrected chi connectivity index (χ2v) is 4.15. The molecule has 2 N–H and O–H groups in total. The summed E-state index contributed by atoms with van der Waals surface area (Å²) in [5, 5.41) is 3.31. The lowest BCUT2D eigenvalue weighted by atomic mass is 9.97. The summed E-state index contributed by atoms with van der Waals surface area (Å²) in [5.41, 5.74) is 0. The van der Waals surface area contributed by atoms with E-state index >= 15 is 0 Å². The van der Waals surface area contributed by atoms with Crippen LogP contribution in [-0.2, 0) is 0 Å². The molecule has 2 rings (SSSR count). The van der Waals surface area contributed by atoms with Crippen LogP contribution in [0, 0.1) is 0 Å². The summed E-state index contributed by atoms with van der Waals surface area (Å²) < 4.78 is 0. The van der Waals surface area contributed by atoms with Crippen LogP contribution in [0.25, 0.3) is 0 Å². The van der Waals surface area contributed by atoms with Crippen molar-refractivity contribution in [1.29, 1.82) is 0 Å². The molecule has 0 radical (unpaired) electrons. The lowest BCUT2D eigenvalue weighted by molar-refractivity contribution is 0.465.